The molecule has 0 radical (unpaired) electrons. The highest BCUT2D eigenvalue weighted by molar-refractivity contribution is 5.70. The van der Waals surface area contributed by atoms with Gasteiger partial charge in [0.05, 0.1) is 0 Å². The van der Waals surface area contributed by atoms with E-state index in [0.29, 0.717) is 6.54 Å². The lowest BCUT2D eigenvalue weighted by atomic mass is 9.95. The third kappa shape index (κ3) is 2.37. The van der Waals surface area contributed by atoms with Crippen LogP contribution in [0.15, 0.2) is 36.4 Å². The zero-order valence-electron chi connectivity index (χ0n) is 10.1. The van der Waals surface area contributed by atoms with Gasteiger partial charge < -0.3 is 5.73 Å². The molecule has 2 aromatic carbocycles. The van der Waals surface area contributed by atoms with Gasteiger partial charge in [0.1, 0.15) is 5.82 Å². The molecule has 2 aromatic rings. The Morgan fingerprint density at radius 3 is 2.06 bits per heavy atom. The van der Waals surface area contributed by atoms with Crippen molar-refractivity contribution in [1.82, 2.24) is 0 Å². The van der Waals surface area contributed by atoms with E-state index < -0.39 is 0 Å². The normalized spacial score (nSPS) is 10.6. The van der Waals surface area contributed by atoms with Crippen LogP contribution in [0.3, 0.4) is 0 Å². The number of halogens is 1. The van der Waals surface area contributed by atoms with Crippen LogP contribution >= 0.6 is 0 Å². The summed E-state index contributed by atoms with van der Waals surface area (Å²) in [5, 5.41) is 0. The average molecular weight is 229 g/mol. The number of rotatable bonds is 2. The number of hydrogen-bond acceptors (Lipinski definition) is 1. The summed E-state index contributed by atoms with van der Waals surface area (Å²) in [6.45, 7) is 4.52. The summed E-state index contributed by atoms with van der Waals surface area (Å²) in [5.41, 5.74) is 11.1. The zero-order chi connectivity index (χ0) is 12.4. The fourth-order valence-corrected chi connectivity index (χ4v) is 2.08. The highest BCUT2D eigenvalue weighted by Gasteiger charge is 2.06. The van der Waals surface area contributed by atoms with Crippen molar-refractivity contribution in [2.45, 2.75) is 20.4 Å². The van der Waals surface area contributed by atoms with E-state index in [1.807, 2.05) is 19.1 Å². The second-order valence-electron chi connectivity index (χ2n) is 4.31. The first-order valence-corrected chi connectivity index (χ1v) is 5.68. The van der Waals surface area contributed by atoms with Gasteiger partial charge in [-0.05, 0) is 53.8 Å². The average Bonchev–Trinajstić information content (AvgIpc) is 2.30. The summed E-state index contributed by atoms with van der Waals surface area (Å²) in [6, 6.07) is 11.0. The van der Waals surface area contributed by atoms with Crippen molar-refractivity contribution in [2.75, 3.05) is 0 Å². The van der Waals surface area contributed by atoms with Crippen molar-refractivity contribution in [3.05, 3.63) is 58.9 Å². The molecule has 0 amide bonds. The second kappa shape index (κ2) is 4.68. The van der Waals surface area contributed by atoms with Gasteiger partial charge in [-0.25, -0.2) is 4.39 Å². The van der Waals surface area contributed by atoms with Crippen LogP contribution in [0.25, 0.3) is 11.1 Å². The molecule has 1 nitrogen and oxygen atoms in total. The topological polar surface area (TPSA) is 26.0 Å². The van der Waals surface area contributed by atoms with E-state index in [1.54, 1.807) is 6.07 Å². The lowest BCUT2D eigenvalue weighted by Gasteiger charge is -2.10. The maximum Gasteiger partial charge on any atom is 0.123 e. The number of nitrogens with two attached hydrogens (primary N) is 1. The zero-order valence-corrected chi connectivity index (χ0v) is 10.1. The fraction of sp³-hybridized carbons (Fsp3) is 0.200. The molecule has 0 saturated carbocycles. The lowest BCUT2D eigenvalue weighted by Crippen LogP contribution is -1.97. The van der Waals surface area contributed by atoms with Gasteiger partial charge in [0, 0.05) is 6.54 Å². The second-order valence-corrected chi connectivity index (χ2v) is 4.31. The monoisotopic (exact) mass is 229 g/mol. The van der Waals surface area contributed by atoms with Gasteiger partial charge in [0.25, 0.3) is 0 Å². The lowest BCUT2D eigenvalue weighted by molar-refractivity contribution is 0.627. The molecule has 0 unspecified atom stereocenters. The Hall–Kier alpha value is -1.67. The minimum absolute atomic E-state index is 0.192. The first-order valence-electron chi connectivity index (χ1n) is 5.68. The van der Waals surface area contributed by atoms with Crippen LogP contribution in [0.4, 0.5) is 4.39 Å². The molecule has 0 aliphatic heterocycles. The molecule has 0 spiro atoms. The van der Waals surface area contributed by atoms with Crippen molar-refractivity contribution in [3.63, 3.8) is 0 Å². The van der Waals surface area contributed by atoms with Gasteiger partial charge in [-0.1, -0.05) is 24.3 Å². The van der Waals surface area contributed by atoms with Crippen molar-refractivity contribution >= 4 is 0 Å². The Balaban J connectivity index is 2.53. The van der Waals surface area contributed by atoms with E-state index in [4.69, 9.17) is 5.73 Å². The Kier molecular flexibility index (Phi) is 3.25. The van der Waals surface area contributed by atoms with Crippen LogP contribution in [0.2, 0.25) is 0 Å². The highest BCUT2D eigenvalue weighted by atomic mass is 19.1. The fourth-order valence-electron chi connectivity index (χ4n) is 2.08. The third-order valence-corrected chi connectivity index (χ3v) is 3.01. The summed E-state index contributed by atoms with van der Waals surface area (Å²) in [6.07, 6.45) is 0. The molecule has 0 aromatic heterocycles. The minimum Gasteiger partial charge on any atom is -0.326 e. The molecule has 2 heteroatoms. The van der Waals surface area contributed by atoms with E-state index in [2.05, 4.69) is 19.1 Å². The summed E-state index contributed by atoms with van der Waals surface area (Å²) >= 11 is 0. The van der Waals surface area contributed by atoms with Crippen molar-refractivity contribution in [2.24, 2.45) is 5.73 Å². The SMILES string of the molecule is Cc1cc(F)ccc1-c1ccc(CN)cc1C. The Morgan fingerprint density at radius 1 is 0.941 bits per heavy atom. The van der Waals surface area contributed by atoms with Crippen LogP contribution in [0.1, 0.15) is 16.7 Å². The molecule has 0 saturated heterocycles. The molecule has 0 bridgehead atoms. The van der Waals surface area contributed by atoms with Gasteiger partial charge in [0.15, 0.2) is 0 Å². The predicted molar refractivity (Wildman–Crippen MR) is 69.2 cm³/mol. The molecule has 0 heterocycles. The molecule has 88 valence electrons. The Bertz CT molecular complexity index is 547. The molecule has 0 fully saturated rings. The predicted octanol–water partition coefficient (Wildman–Crippen LogP) is 3.57. The summed E-state index contributed by atoms with van der Waals surface area (Å²) in [4.78, 5) is 0. The molecule has 2 rings (SSSR count). The van der Waals surface area contributed by atoms with Crippen molar-refractivity contribution in [3.8, 4) is 11.1 Å². The molecular weight excluding hydrogens is 213 g/mol. The molecule has 0 aliphatic carbocycles. The summed E-state index contributed by atoms with van der Waals surface area (Å²) < 4.78 is 13.1. The van der Waals surface area contributed by atoms with Crippen LogP contribution in [0.5, 0.6) is 0 Å². The first-order chi connectivity index (χ1) is 8.11. The van der Waals surface area contributed by atoms with Gasteiger partial charge in [-0.3, -0.25) is 0 Å². The van der Waals surface area contributed by atoms with Crippen molar-refractivity contribution < 1.29 is 4.39 Å². The first kappa shape index (κ1) is 11.8. The summed E-state index contributed by atoms with van der Waals surface area (Å²) in [7, 11) is 0. The van der Waals surface area contributed by atoms with E-state index in [-0.39, 0.29) is 5.82 Å². The van der Waals surface area contributed by atoms with Crippen molar-refractivity contribution in [1.29, 1.82) is 0 Å². The van der Waals surface area contributed by atoms with Crippen LogP contribution in [0, 0.1) is 19.7 Å². The van der Waals surface area contributed by atoms with Crippen LogP contribution in [-0.4, -0.2) is 0 Å². The van der Waals surface area contributed by atoms with Crippen LogP contribution in [-0.2, 0) is 6.54 Å². The van der Waals surface area contributed by atoms with E-state index >= 15 is 0 Å². The highest BCUT2D eigenvalue weighted by Crippen LogP contribution is 2.27. The number of benzene rings is 2. The Labute approximate surface area is 101 Å². The van der Waals surface area contributed by atoms with E-state index in [1.165, 1.54) is 11.6 Å². The standard InChI is InChI=1S/C15H16FN/c1-10-7-12(9-17)3-5-14(10)15-6-4-13(16)8-11(15)2/h3-8H,9,17H2,1-2H3. The molecule has 2 N–H and O–H groups in total. The number of aryl methyl sites for hydroxylation is 2. The maximum atomic E-state index is 13.1. The minimum atomic E-state index is -0.192. The molecule has 17 heavy (non-hydrogen) atoms. The van der Waals surface area contributed by atoms with E-state index in [0.717, 1.165) is 22.3 Å². The third-order valence-electron chi connectivity index (χ3n) is 3.01. The smallest absolute Gasteiger partial charge is 0.123 e. The summed E-state index contributed by atoms with van der Waals surface area (Å²) in [5.74, 6) is -0.192. The maximum absolute atomic E-state index is 13.1. The van der Waals surface area contributed by atoms with Gasteiger partial charge >= 0.3 is 0 Å². The van der Waals surface area contributed by atoms with Gasteiger partial charge in [0.2, 0.25) is 0 Å². The number of hydrogen-bond donors (Lipinski definition) is 1. The molecule has 0 aliphatic rings. The van der Waals surface area contributed by atoms with Crippen LogP contribution < -0.4 is 5.73 Å². The van der Waals surface area contributed by atoms with E-state index in [9.17, 15) is 4.39 Å². The van der Waals surface area contributed by atoms with Gasteiger partial charge in [-0.2, -0.15) is 0 Å². The quantitative estimate of drug-likeness (QED) is 0.837. The Morgan fingerprint density at radius 2 is 1.53 bits per heavy atom. The molecular formula is C15H16FN. The van der Waals surface area contributed by atoms with Gasteiger partial charge in [-0.15, -0.1) is 0 Å². The largest absolute Gasteiger partial charge is 0.326 e. The molecule has 0 atom stereocenters.